The minimum absolute atomic E-state index is 0.0459. The lowest BCUT2D eigenvalue weighted by Gasteiger charge is -2.25. The first-order chi connectivity index (χ1) is 19.4. The van der Waals surface area contributed by atoms with Gasteiger partial charge in [-0.2, -0.15) is 0 Å². The largest absolute Gasteiger partial charge is 0.481 e. The summed E-state index contributed by atoms with van der Waals surface area (Å²) in [6.45, 7) is -0.566. The maximum Gasteiger partial charge on any atom is 0.326 e. The third-order valence-electron chi connectivity index (χ3n) is 6.11. The van der Waals surface area contributed by atoms with Gasteiger partial charge in [-0.25, -0.2) is 4.79 Å². The Morgan fingerprint density at radius 3 is 2.17 bits per heavy atom. The second kappa shape index (κ2) is 15.8. The number of nitrogens with one attached hydrogen (secondary N) is 4. The highest BCUT2D eigenvalue weighted by Crippen LogP contribution is 2.19. The molecule has 0 saturated heterocycles. The summed E-state index contributed by atoms with van der Waals surface area (Å²) in [6.07, 6.45) is 0.889. The minimum atomic E-state index is -1.45. The number of nitrogens with two attached hydrogens (primary N) is 3. The van der Waals surface area contributed by atoms with Gasteiger partial charge >= 0.3 is 11.9 Å². The number of hydrogen-bond donors (Lipinski definition) is 10. The number of aromatic nitrogens is 1. The Hall–Kier alpha value is -4.70. The minimum Gasteiger partial charge on any atom is -0.481 e. The molecular formula is C25H36N8O8. The van der Waals surface area contributed by atoms with Crippen LogP contribution >= 0.6 is 0 Å². The van der Waals surface area contributed by atoms with Crippen molar-refractivity contribution in [1.29, 1.82) is 0 Å². The normalized spacial score (nSPS) is 13.8. The van der Waals surface area contributed by atoms with Crippen molar-refractivity contribution in [2.45, 2.75) is 56.3 Å². The zero-order chi connectivity index (χ0) is 30.5. The van der Waals surface area contributed by atoms with E-state index in [2.05, 4.69) is 25.9 Å². The van der Waals surface area contributed by atoms with Gasteiger partial charge in [-0.15, -0.1) is 0 Å². The molecule has 224 valence electrons. The summed E-state index contributed by atoms with van der Waals surface area (Å²) in [4.78, 5) is 68.6. The molecule has 16 heteroatoms. The molecular weight excluding hydrogens is 540 g/mol. The van der Waals surface area contributed by atoms with Crippen LogP contribution in [0.1, 0.15) is 31.2 Å². The molecule has 1 aromatic carbocycles. The van der Waals surface area contributed by atoms with Crippen molar-refractivity contribution in [3.63, 3.8) is 0 Å². The highest BCUT2D eigenvalue weighted by atomic mass is 16.4. The number of para-hydroxylation sites is 1. The number of carbonyl (C=O) groups excluding carboxylic acids is 3. The fourth-order valence-electron chi connectivity index (χ4n) is 3.93. The van der Waals surface area contributed by atoms with Gasteiger partial charge in [0.2, 0.25) is 17.7 Å². The Morgan fingerprint density at radius 1 is 0.902 bits per heavy atom. The number of guanidine groups is 1. The van der Waals surface area contributed by atoms with E-state index in [4.69, 9.17) is 22.3 Å². The van der Waals surface area contributed by atoms with Crippen LogP contribution in [-0.4, -0.2) is 93.2 Å². The molecule has 41 heavy (non-hydrogen) atoms. The van der Waals surface area contributed by atoms with Crippen molar-refractivity contribution in [3.05, 3.63) is 36.0 Å². The second-order valence-electron chi connectivity index (χ2n) is 9.26. The van der Waals surface area contributed by atoms with Crippen molar-refractivity contribution in [1.82, 2.24) is 20.9 Å². The van der Waals surface area contributed by atoms with E-state index in [1.54, 1.807) is 18.3 Å². The number of nitrogens with zero attached hydrogens (tertiary/aromatic N) is 1. The number of amides is 3. The predicted octanol–water partition coefficient (Wildman–Crippen LogP) is -2.51. The number of rotatable bonds is 17. The fraction of sp³-hybridized carbons (Fsp3) is 0.440. The van der Waals surface area contributed by atoms with Crippen LogP contribution in [0, 0.1) is 0 Å². The van der Waals surface area contributed by atoms with E-state index >= 15 is 0 Å². The Bertz CT molecular complexity index is 1260. The monoisotopic (exact) mass is 576 g/mol. The molecule has 1 aromatic heterocycles. The van der Waals surface area contributed by atoms with Crippen molar-refractivity contribution in [2.24, 2.45) is 22.2 Å². The van der Waals surface area contributed by atoms with Crippen LogP contribution in [0.3, 0.4) is 0 Å². The van der Waals surface area contributed by atoms with Crippen LogP contribution in [0.4, 0.5) is 0 Å². The fourth-order valence-corrected chi connectivity index (χ4v) is 3.93. The summed E-state index contributed by atoms with van der Waals surface area (Å²) < 4.78 is 0. The number of aliphatic hydroxyl groups is 1. The number of aliphatic carboxylic acids is 2. The second-order valence-corrected chi connectivity index (χ2v) is 9.26. The molecule has 2 rings (SSSR count). The summed E-state index contributed by atoms with van der Waals surface area (Å²) in [7, 11) is 0. The zero-order valence-electron chi connectivity index (χ0n) is 22.2. The summed E-state index contributed by atoms with van der Waals surface area (Å²) in [6, 6.07) is 1.79. The number of fused-ring (bicyclic) bond motifs is 1. The van der Waals surface area contributed by atoms with Gasteiger partial charge in [0.25, 0.3) is 0 Å². The van der Waals surface area contributed by atoms with E-state index < -0.39 is 66.9 Å². The number of carbonyl (C=O) groups is 5. The molecule has 0 saturated carbocycles. The quantitative estimate of drug-likeness (QED) is 0.0533. The average molecular weight is 577 g/mol. The van der Waals surface area contributed by atoms with Gasteiger partial charge in [0.1, 0.15) is 24.2 Å². The molecule has 4 atom stereocenters. The van der Waals surface area contributed by atoms with Crippen molar-refractivity contribution < 1.29 is 39.3 Å². The number of carboxylic acid groups (broad SMARTS) is 2. The number of aliphatic imine (C=N–C) groups is 1. The Morgan fingerprint density at radius 2 is 1.54 bits per heavy atom. The topological polar surface area (TPSA) is 288 Å². The van der Waals surface area contributed by atoms with Gasteiger partial charge in [-0.1, -0.05) is 18.2 Å². The van der Waals surface area contributed by atoms with Gasteiger partial charge in [-0.05, 0) is 30.9 Å². The Labute approximate surface area is 234 Å². The molecule has 0 aliphatic carbocycles. The molecule has 13 N–H and O–H groups in total. The van der Waals surface area contributed by atoms with Crippen molar-refractivity contribution in [2.75, 3.05) is 13.2 Å². The molecule has 3 amide bonds. The lowest BCUT2D eigenvalue weighted by Crippen LogP contribution is -2.58. The number of aliphatic hydroxyl groups excluding tert-OH is 1. The van der Waals surface area contributed by atoms with Crippen LogP contribution in [0.5, 0.6) is 0 Å². The van der Waals surface area contributed by atoms with Gasteiger partial charge < -0.3 is 53.5 Å². The first kappa shape index (κ1) is 32.5. The van der Waals surface area contributed by atoms with E-state index in [0.717, 1.165) is 10.9 Å². The molecule has 0 aliphatic heterocycles. The number of H-pyrrole nitrogens is 1. The summed E-state index contributed by atoms with van der Waals surface area (Å²) >= 11 is 0. The molecule has 16 nitrogen and oxygen atoms in total. The molecule has 0 fully saturated rings. The van der Waals surface area contributed by atoms with Crippen molar-refractivity contribution in [3.8, 4) is 0 Å². The molecule has 0 spiro atoms. The molecule has 1 heterocycles. The van der Waals surface area contributed by atoms with E-state index in [0.29, 0.717) is 5.56 Å². The van der Waals surface area contributed by atoms with Crippen LogP contribution in [-0.2, 0) is 30.4 Å². The number of hydrogen-bond acceptors (Lipinski definition) is 8. The van der Waals surface area contributed by atoms with Gasteiger partial charge in [0.15, 0.2) is 5.96 Å². The smallest absolute Gasteiger partial charge is 0.326 e. The molecule has 0 aliphatic rings. The van der Waals surface area contributed by atoms with E-state index in [1.807, 2.05) is 12.1 Å². The van der Waals surface area contributed by atoms with Crippen LogP contribution in [0.15, 0.2) is 35.5 Å². The lowest BCUT2D eigenvalue weighted by atomic mass is 10.0. The van der Waals surface area contributed by atoms with Gasteiger partial charge in [0, 0.05) is 36.5 Å². The molecule has 0 radical (unpaired) electrons. The highest BCUT2D eigenvalue weighted by Gasteiger charge is 2.31. The van der Waals surface area contributed by atoms with E-state index in [9.17, 15) is 34.2 Å². The maximum atomic E-state index is 13.4. The Balaban J connectivity index is 2.25. The van der Waals surface area contributed by atoms with E-state index in [1.165, 1.54) is 0 Å². The predicted molar refractivity (Wildman–Crippen MR) is 147 cm³/mol. The third kappa shape index (κ3) is 10.4. The zero-order valence-corrected chi connectivity index (χ0v) is 22.2. The SMILES string of the molecule is NC(N)=NCCCC(NC(=O)C(CCC(=O)O)NC(=O)C(Cc1c[nH]c2ccccc12)NC(=O)C(N)CO)C(=O)O. The summed E-state index contributed by atoms with van der Waals surface area (Å²) in [5, 5.41) is 35.9. The van der Waals surface area contributed by atoms with Crippen LogP contribution in [0.2, 0.25) is 0 Å². The number of carboxylic acids is 2. The third-order valence-corrected chi connectivity index (χ3v) is 6.11. The maximum absolute atomic E-state index is 13.4. The van der Waals surface area contributed by atoms with E-state index in [-0.39, 0.29) is 38.2 Å². The Kier molecular flexibility index (Phi) is 12.5. The van der Waals surface area contributed by atoms with Gasteiger partial charge in [-0.3, -0.25) is 24.2 Å². The number of benzene rings is 1. The average Bonchev–Trinajstić information content (AvgIpc) is 3.33. The standard InChI is InChI=1S/C25H36N8O8/c26-15(12-34)21(37)33-19(10-13-11-30-16-5-2-1-4-14(13)16)23(39)31-17(7-8-20(35)36)22(38)32-18(24(40)41)6-3-9-29-25(27)28/h1-2,4-5,11,15,17-19,30,34H,3,6-10,12,26H2,(H,31,39)(H,32,38)(H,33,37)(H,35,36)(H,40,41)(H4,27,28,29). The van der Waals surface area contributed by atoms with Gasteiger partial charge in [0.05, 0.1) is 6.61 Å². The van der Waals surface area contributed by atoms with Crippen molar-refractivity contribution >= 4 is 46.5 Å². The lowest BCUT2D eigenvalue weighted by molar-refractivity contribution is -0.143. The number of aromatic amines is 1. The highest BCUT2D eigenvalue weighted by molar-refractivity contribution is 5.95. The molecule has 4 unspecified atom stereocenters. The molecule has 0 bridgehead atoms. The van der Waals surface area contributed by atoms with Crippen LogP contribution in [0.25, 0.3) is 10.9 Å². The first-order valence-corrected chi connectivity index (χ1v) is 12.8. The summed E-state index contributed by atoms with van der Waals surface area (Å²) in [5.74, 6) is -5.38. The summed E-state index contributed by atoms with van der Waals surface area (Å²) in [5.41, 5.74) is 17.5. The molecule has 2 aromatic rings. The first-order valence-electron chi connectivity index (χ1n) is 12.8. The van der Waals surface area contributed by atoms with Crippen LogP contribution < -0.4 is 33.2 Å².